The second-order valence-corrected chi connectivity index (χ2v) is 8.98. The van der Waals surface area contributed by atoms with Gasteiger partial charge in [-0.2, -0.15) is 4.31 Å². The van der Waals surface area contributed by atoms with Crippen molar-refractivity contribution in [1.82, 2.24) is 9.21 Å². The largest absolute Gasteiger partial charge is 0.340 e. The zero-order chi connectivity index (χ0) is 19.6. The van der Waals surface area contributed by atoms with Crippen LogP contribution in [-0.2, 0) is 14.8 Å². The number of nitrogens with two attached hydrogens (primary N) is 1. The van der Waals surface area contributed by atoms with Crippen molar-refractivity contribution in [3.63, 3.8) is 0 Å². The average molecular weight is 433 g/mol. The van der Waals surface area contributed by atoms with Gasteiger partial charge < -0.3 is 10.6 Å². The Kier molecular flexibility index (Phi) is 7.38. The predicted molar refractivity (Wildman–Crippen MR) is 106 cm³/mol. The van der Waals surface area contributed by atoms with Crippen LogP contribution in [0, 0.1) is 16.0 Å². The summed E-state index contributed by atoms with van der Waals surface area (Å²) < 4.78 is 26.9. The summed E-state index contributed by atoms with van der Waals surface area (Å²) in [5.74, 6) is -0.0555. The summed E-state index contributed by atoms with van der Waals surface area (Å²) in [7, 11) is -3.99. The number of hydrogen-bond donors (Lipinski definition) is 1. The van der Waals surface area contributed by atoms with Crippen LogP contribution >= 0.6 is 12.4 Å². The van der Waals surface area contributed by atoms with E-state index in [1.54, 1.807) is 4.90 Å². The fraction of sp³-hybridized carbons (Fsp3) is 0.588. The maximum absolute atomic E-state index is 12.8. The molecule has 0 bridgehead atoms. The molecule has 1 aliphatic carbocycles. The third-order valence-electron chi connectivity index (χ3n) is 5.29. The first-order chi connectivity index (χ1) is 12.8. The SMILES string of the molecule is Cl.NC1CCCC(C(=O)N2CCN(S(=O)(=O)c3ccccc3[N+](=O)[O-])CC2)C1. The lowest BCUT2D eigenvalue weighted by atomic mass is 9.85. The predicted octanol–water partition coefficient (Wildman–Crippen LogP) is 1.37. The Bertz CT molecular complexity index is 827. The van der Waals surface area contributed by atoms with Gasteiger partial charge in [-0.25, -0.2) is 8.42 Å². The first kappa shape index (κ1) is 22.5. The van der Waals surface area contributed by atoms with E-state index in [9.17, 15) is 23.3 Å². The lowest BCUT2D eigenvalue weighted by Crippen LogP contribution is -2.52. The molecule has 1 saturated carbocycles. The molecule has 3 rings (SSSR count). The molecule has 2 aliphatic rings. The third-order valence-corrected chi connectivity index (χ3v) is 7.24. The molecule has 0 aromatic heterocycles. The Balaban J connectivity index is 0.00000280. The molecule has 11 heteroatoms. The van der Waals surface area contributed by atoms with Gasteiger partial charge >= 0.3 is 0 Å². The fourth-order valence-corrected chi connectivity index (χ4v) is 5.40. The summed E-state index contributed by atoms with van der Waals surface area (Å²) in [6.45, 7) is 0.812. The van der Waals surface area contributed by atoms with Crippen molar-refractivity contribution in [3.05, 3.63) is 34.4 Å². The van der Waals surface area contributed by atoms with Crippen LogP contribution in [0.5, 0.6) is 0 Å². The number of benzene rings is 1. The van der Waals surface area contributed by atoms with Crippen molar-refractivity contribution in [3.8, 4) is 0 Å². The first-order valence-corrected chi connectivity index (χ1v) is 10.5. The normalized spacial score (nSPS) is 23.7. The highest BCUT2D eigenvalue weighted by molar-refractivity contribution is 7.89. The highest BCUT2D eigenvalue weighted by atomic mass is 35.5. The Morgan fingerprint density at radius 3 is 2.39 bits per heavy atom. The summed E-state index contributed by atoms with van der Waals surface area (Å²) in [6, 6.07) is 5.37. The van der Waals surface area contributed by atoms with Gasteiger partial charge in [0.2, 0.25) is 15.9 Å². The van der Waals surface area contributed by atoms with E-state index in [0.717, 1.165) is 19.3 Å². The number of amides is 1. The molecule has 1 heterocycles. The highest BCUT2D eigenvalue weighted by Crippen LogP contribution is 2.28. The monoisotopic (exact) mass is 432 g/mol. The fourth-order valence-electron chi connectivity index (χ4n) is 3.82. The summed E-state index contributed by atoms with van der Waals surface area (Å²) in [4.78, 5) is 24.5. The molecular formula is C17H25ClN4O5S. The lowest BCUT2D eigenvalue weighted by Gasteiger charge is -2.37. The van der Waals surface area contributed by atoms with Crippen LogP contribution < -0.4 is 5.73 Å². The van der Waals surface area contributed by atoms with Gasteiger partial charge in [0.15, 0.2) is 4.90 Å². The standard InChI is InChI=1S/C17H24N4O5S.ClH/c18-14-5-3-4-13(12-14)17(22)19-8-10-20(11-9-19)27(25,26)16-7-2-1-6-15(16)21(23)24;/h1-2,6-7,13-14H,3-5,8-12,18H2;1H. The van der Waals surface area contributed by atoms with Crippen LogP contribution in [0.2, 0.25) is 0 Å². The number of nitro benzene ring substituents is 1. The topological polar surface area (TPSA) is 127 Å². The minimum Gasteiger partial charge on any atom is -0.340 e. The number of halogens is 1. The van der Waals surface area contributed by atoms with E-state index in [4.69, 9.17) is 5.73 Å². The Morgan fingerprint density at radius 2 is 1.79 bits per heavy atom. The smallest absolute Gasteiger partial charge is 0.289 e. The maximum atomic E-state index is 12.8. The summed E-state index contributed by atoms with van der Waals surface area (Å²) in [6.07, 6.45) is 3.37. The van der Waals surface area contributed by atoms with Gasteiger partial charge in [-0.1, -0.05) is 18.6 Å². The minimum absolute atomic E-state index is 0. The second kappa shape index (κ2) is 9.17. The molecule has 0 radical (unpaired) electrons. The van der Waals surface area contributed by atoms with Crippen molar-refractivity contribution in [2.45, 2.75) is 36.6 Å². The van der Waals surface area contributed by atoms with E-state index >= 15 is 0 Å². The van der Waals surface area contributed by atoms with E-state index in [2.05, 4.69) is 0 Å². The van der Waals surface area contributed by atoms with E-state index in [0.29, 0.717) is 6.42 Å². The van der Waals surface area contributed by atoms with Crippen molar-refractivity contribution in [2.24, 2.45) is 11.7 Å². The molecule has 1 aromatic rings. The summed E-state index contributed by atoms with van der Waals surface area (Å²) in [5, 5.41) is 11.2. The number of carbonyl (C=O) groups is 1. The molecule has 0 spiro atoms. The van der Waals surface area contributed by atoms with Gasteiger partial charge in [-0.15, -0.1) is 12.4 Å². The minimum atomic E-state index is -3.99. The summed E-state index contributed by atoms with van der Waals surface area (Å²) >= 11 is 0. The van der Waals surface area contributed by atoms with Crippen LogP contribution in [-0.4, -0.2) is 60.7 Å². The van der Waals surface area contributed by atoms with Gasteiger partial charge in [0.1, 0.15) is 0 Å². The van der Waals surface area contributed by atoms with E-state index in [-0.39, 0.29) is 61.3 Å². The molecule has 28 heavy (non-hydrogen) atoms. The molecule has 1 saturated heterocycles. The molecule has 156 valence electrons. The van der Waals surface area contributed by atoms with Crippen LogP contribution in [0.1, 0.15) is 25.7 Å². The number of rotatable bonds is 4. The van der Waals surface area contributed by atoms with E-state index < -0.39 is 20.6 Å². The quantitative estimate of drug-likeness (QED) is 0.565. The first-order valence-electron chi connectivity index (χ1n) is 9.08. The van der Waals surface area contributed by atoms with Crippen molar-refractivity contribution >= 4 is 34.0 Å². The zero-order valence-electron chi connectivity index (χ0n) is 15.4. The maximum Gasteiger partial charge on any atom is 0.289 e. The Hall–Kier alpha value is -1.75. The van der Waals surface area contributed by atoms with Gasteiger partial charge in [0.25, 0.3) is 5.69 Å². The van der Waals surface area contributed by atoms with E-state index in [1.807, 2.05) is 0 Å². The molecular weight excluding hydrogens is 408 g/mol. The second-order valence-electron chi connectivity index (χ2n) is 7.08. The van der Waals surface area contributed by atoms with Crippen molar-refractivity contribution in [2.75, 3.05) is 26.2 Å². The number of sulfonamides is 1. The molecule has 2 fully saturated rings. The molecule has 9 nitrogen and oxygen atoms in total. The van der Waals surface area contributed by atoms with Crippen LogP contribution in [0.15, 0.2) is 29.2 Å². The molecule has 2 N–H and O–H groups in total. The Labute approximate surface area is 170 Å². The third kappa shape index (κ3) is 4.62. The molecule has 1 aliphatic heterocycles. The van der Waals surface area contributed by atoms with Crippen LogP contribution in [0.3, 0.4) is 0 Å². The van der Waals surface area contributed by atoms with Gasteiger partial charge in [0.05, 0.1) is 4.92 Å². The number of para-hydroxylation sites is 1. The molecule has 2 atom stereocenters. The summed E-state index contributed by atoms with van der Waals surface area (Å²) in [5.41, 5.74) is 5.52. The van der Waals surface area contributed by atoms with Crippen molar-refractivity contribution in [1.29, 1.82) is 0 Å². The van der Waals surface area contributed by atoms with Gasteiger partial charge in [-0.05, 0) is 25.3 Å². The molecule has 2 unspecified atom stereocenters. The number of nitrogens with zero attached hydrogens (tertiary/aromatic N) is 3. The highest BCUT2D eigenvalue weighted by Gasteiger charge is 2.36. The number of carbonyl (C=O) groups excluding carboxylic acids is 1. The number of piperazine rings is 1. The van der Waals surface area contributed by atoms with Crippen LogP contribution in [0.4, 0.5) is 5.69 Å². The average Bonchev–Trinajstić information content (AvgIpc) is 2.67. The molecule has 1 aromatic carbocycles. The van der Waals surface area contributed by atoms with Gasteiger partial charge in [0, 0.05) is 44.2 Å². The number of nitro groups is 1. The zero-order valence-corrected chi connectivity index (χ0v) is 17.0. The lowest BCUT2D eigenvalue weighted by molar-refractivity contribution is -0.387. The number of hydrogen-bond acceptors (Lipinski definition) is 6. The van der Waals surface area contributed by atoms with Crippen molar-refractivity contribution < 1.29 is 18.1 Å². The Morgan fingerprint density at radius 1 is 1.14 bits per heavy atom. The van der Waals surface area contributed by atoms with Gasteiger partial charge in [-0.3, -0.25) is 14.9 Å². The van der Waals surface area contributed by atoms with E-state index in [1.165, 1.54) is 28.6 Å². The molecule has 1 amide bonds. The van der Waals surface area contributed by atoms with Crippen LogP contribution in [0.25, 0.3) is 0 Å².